The molecule has 3 rings (SSSR count). The van der Waals surface area contributed by atoms with Gasteiger partial charge < -0.3 is 5.11 Å². The first-order chi connectivity index (χ1) is 15.7. The van der Waals surface area contributed by atoms with Crippen molar-refractivity contribution in [2.75, 3.05) is 13.1 Å². The maximum absolute atomic E-state index is 13.9. The number of aliphatic carboxylic acids is 1. The molecule has 34 heavy (non-hydrogen) atoms. The van der Waals surface area contributed by atoms with Crippen molar-refractivity contribution in [3.05, 3.63) is 64.5 Å². The van der Waals surface area contributed by atoms with E-state index < -0.39 is 45.6 Å². The van der Waals surface area contributed by atoms with Crippen LogP contribution >= 0.6 is 0 Å². The minimum absolute atomic E-state index is 0.00584. The summed E-state index contributed by atoms with van der Waals surface area (Å²) in [5.74, 6) is -2.41. The molecule has 0 aromatic heterocycles. The van der Waals surface area contributed by atoms with Crippen LogP contribution in [0.5, 0.6) is 0 Å². The number of sulfonamides is 1. The topological polar surface area (TPSA) is 77.9 Å². The van der Waals surface area contributed by atoms with Gasteiger partial charge in [0.1, 0.15) is 5.82 Å². The first-order valence-corrected chi connectivity index (χ1v) is 12.1. The van der Waals surface area contributed by atoms with Crippen molar-refractivity contribution in [1.29, 1.82) is 0 Å². The molecule has 1 aliphatic rings. The number of nitrogens with zero attached hydrogens (tertiary/aromatic N) is 2. The van der Waals surface area contributed by atoms with Crippen LogP contribution in [0.4, 0.5) is 17.6 Å². The highest BCUT2D eigenvalue weighted by Crippen LogP contribution is 2.32. The van der Waals surface area contributed by atoms with Gasteiger partial charge in [-0.15, -0.1) is 0 Å². The quantitative estimate of drug-likeness (QED) is 0.603. The lowest BCUT2D eigenvalue weighted by atomic mass is 10.1. The highest BCUT2D eigenvalue weighted by atomic mass is 32.2. The fraction of sp³-hybridized carbons (Fsp3) is 0.435. The van der Waals surface area contributed by atoms with E-state index in [0.29, 0.717) is 35.8 Å². The van der Waals surface area contributed by atoms with E-state index in [0.717, 1.165) is 6.07 Å². The second-order valence-electron chi connectivity index (χ2n) is 8.70. The summed E-state index contributed by atoms with van der Waals surface area (Å²) in [6, 6.07) is 6.26. The molecule has 186 valence electrons. The van der Waals surface area contributed by atoms with Crippen molar-refractivity contribution in [2.24, 2.45) is 0 Å². The van der Waals surface area contributed by atoms with E-state index in [4.69, 9.17) is 5.11 Å². The van der Waals surface area contributed by atoms with Gasteiger partial charge in [-0.3, -0.25) is 9.69 Å². The Morgan fingerprint density at radius 3 is 2.24 bits per heavy atom. The lowest BCUT2D eigenvalue weighted by molar-refractivity contribution is -0.140. The van der Waals surface area contributed by atoms with Crippen molar-refractivity contribution in [1.82, 2.24) is 9.21 Å². The standard InChI is InChI=1S/C23H26F4N2O4S/c1-14-4-6-19(9-18(14)10-22(30)31)34(32,33)29-15(2)11-28(12-16(29)3)13-17-5-7-20(21(24)8-17)23(25,26)27/h4-9,15-16H,10-13H2,1-3H3,(H,30,31)/t15-,16+. The molecule has 1 N–H and O–H groups in total. The molecular formula is C23H26F4N2O4S. The molecule has 1 saturated heterocycles. The Morgan fingerprint density at radius 1 is 1.09 bits per heavy atom. The summed E-state index contributed by atoms with van der Waals surface area (Å²) in [6.07, 6.45) is -5.07. The first kappa shape index (κ1) is 26.1. The first-order valence-electron chi connectivity index (χ1n) is 10.6. The van der Waals surface area contributed by atoms with Gasteiger partial charge in [0.05, 0.1) is 16.9 Å². The maximum Gasteiger partial charge on any atom is 0.419 e. The van der Waals surface area contributed by atoms with E-state index >= 15 is 0 Å². The van der Waals surface area contributed by atoms with E-state index in [1.807, 2.05) is 4.90 Å². The molecule has 2 aromatic rings. The molecule has 2 aromatic carbocycles. The fourth-order valence-corrected chi connectivity index (χ4v) is 6.30. The van der Waals surface area contributed by atoms with Crippen LogP contribution in [0.3, 0.4) is 0 Å². The summed E-state index contributed by atoms with van der Waals surface area (Å²) in [4.78, 5) is 13.0. The van der Waals surface area contributed by atoms with Gasteiger partial charge in [0.15, 0.2) is 0 Å². The average Bonchev–Trinajstić information content (AvgIpc) is 2.67. The molecule has 0 spiro atoms. The lowest BCUT2D eigenvalue weighted by Crippen LogP contribution is -2.58. The van der Waals surface area contributed by atoms with E-state index in [9.17, 15) is 30.8 Å². The second-order valence-corrected chi connectivity index (χ2v) is 10.5. The van der Waals surface area contributed by atoms with Crippen LogP contribution in [0.25, 0.3) is 0 Å². The van der Waals surface area contributed by atoms with Crippen LogP contribution in [0.2, 0.25) is 0 Å². The number of halogens is 4. The Morgan fingerprint density at radius 2 is 1.71 bits per heavy atom. The normalized spacial score (nSPS) is 20.4. The molecule has 1 fully saturated rings. The Kier molecular flexibility index (Phi) is 7.40. The van der Waals surface area contributed by atoms with Crippen LogP contribution in [0, 0.1) is 12.7 Å². The van der Waals surface area contributed by atoms with E-state index in [1.165, 1.54) is 22.5 Å². The SMILES string of the molecule is Cc1ccc(S(=O)(=O)N2[C@H](C)CN(Cc3ccc(C(F)(F)F)c(F)c3)C[C@@H]2C)cc1CC(=O)O. The van der Waals surface area contributed by atoms with Crippen molar-refractivity contribution in [3.63, 3.8) is 0 Å². The molecular weight excluding hydrogens is 476 g/mol. The van der Waals surface area contributed by atoms with Gasteiger partial charge >= 0.3 is 12.1 Å². The second kappa shape index (κ2) is 9.63. The van der Waals surface area contributed by atoms with Gasteiger partial charge in [0.2, 0.25) is 10.0 Å². The van der Waals surface area contributed by atoms with E-state index in [1.54, 1.807) is 26.8 Å². The van der Waals surface area contributed by atoms with Gasteiger partial charge in [0.25, 0.3) is 0 Å². The average molecular weight is 503 g/mol. The van der Waals surface area contributed by atoms with Gasteiger partial charge in [0, 0.05) is 31.7 Å². The third kappa shape index (κ3) is 5.59. The largest absolute Gasteiger partial charge is 0.481 e. The van der Waals surface area contributed by atoms with E-state index in [2.05, 4.69) is 0 Å². The highest BCUT2D eigenvalue weighted by molar-refractivity contribution is 7.89. The molecule has 0 unspecified atom stereocenters. The fourth-order valence-electron chi connectivity index (χ4n) is 4.45. The van der Waals surface area contributed by atoms with Gasteiger partial charge in [-0.1, -0.05) is 12.1 Å². The summed E-state index contributed by atoms with van der Waals surface area (Å²) in [5, 5.41) is 9.10. The highest BCUT2D eigenvalue weighted by Gasteiger charge is 2.39. The summed E-state index contributed by atoms with van der Waals surface area (Å²) in [5.41, 5.74) is 0.125. The van der Waals surface area contributed by atoms with Crippen molar-refractivity contribution < 1.29 is 35.9 Å². The summed E-state index contributed by atoms with van der Waals surface area (Å²) in [7, 11) is -3.93. The van der Waals surface area contributed by atoms with Crippen molar-refractivity contribution in [3.8, 4) is 0 Å². The van der Waals surface area contributed by atoms with Gasteiger partial charge in [-0.2, -0.15) is 17.5 Å². The molecule has 2 atom stereocenters. The number of piperazine rings is 1. The predicted molar refractivity (Wildman–Crippen MR) is 117 cm³/mol. The molecule has 6 nitrogen and oxygen atoms in total. The summed E-state index contributed by atoms with van der Waals surface area (Å²) in [6.45, 7) is 5.91. The minimum atomic E-state index is -4.77. The molecule has 0 radical (unpaired) electrons. The number of alkyl halides is 3. The van der Waals surface area contributed by atoms with Crippen molar-refractivity contribution in [2.45, 2.75) is 56.9 Å². The number of hydrogen-bond acceptors (Lipinski definition) is 4. The Hall–Kier alpha value is -2.50. The zero-order valence-corrected chi connectivity index (χ0v) is 19.8. The molecule has 0 saturated carbocycles. The summed E-state index contributed by atoms with van der Waals surface area (Å²) < 4.78 is 80.5. The number of carbonyl (C=O) groups is 1. The molecule has 0 aliphatic carbocycles. The molecule has 0 amide bonds. The summed E-state index contributed by atoms with van der Waals surface area (Å²) >= 11 is 0. The predicted octanol–water partition coefficient (Wildman–Crippen LogP) is 4.06. The minimum Gasteiger partial charge on any atom is -0.481 e. The number of hydrogen-bond donors (Lipinski definition) is 1. The number of rotatable bonds is 6. The molecule has 1 aliphatic heterocycles. The van der Waals surface area contributed by atoms with Crippen LogP contribution < -0.4 is 0 Å². The Labute approximate surface area is 195 Å². The van der Waals surface area contributed by atoms with Crippen molar-refractivity contribution >= 4 is 16.0 Å². The van der Waals surface area contributed by atoms with Crippen LogP contribution in [0.1, 0.15) is 36.1 Å². The van der Waals surface area contributed by atoms with Gasteiger partial charge in [-0.25, -0.2) is 12.8 Å². The molecule has 1 heterocycles. The zero-order valence-electron chi connectivity index (χ0n) is 18.9. The number of aryl methyl sites for hydroxylation is 1. The Bertz CT molecular complexity index is 1170. The number of benzene rings is 2. The smallest absolute Gasteiger partial charge is 0.419 e. The van der Waals surface area contributed by atoms with Crippen LogP contribution in [-0.2, 0) is 34.0 Å². The lowest BCUT2D eigenvalue weighted by Gasteiger charge is -2.43. The van der Waals surface area contributed by atoms with Gasteiger partial charge in [-0.05, 0) is 61.7 Å². The molecule has 0 bridgehead atoms. The maximum atomic E-state index is 13.9. The van der Waals surface area contributed by atoms with Crippen LogP contribution in [0.15, 0.2) is 41.3 Å². The Balaban J connectivity index is 1.78. The van der Waals surface area contributed by atoms with Crippen LogP contribution in [-0.4, -0.2) is 53.9 Å². The number of carboxylic acids is 1. The molecule has 11 heteroatoms. The number of carboxylic acid groups (broad SMARTS) is 1. The monoisotopic (exact) mass is 502 g/mol. The van der Waals surface area contributed by atoms with E-state index in [-0.39, 0.29) is 17.9 Å². The third-order valence-corrected chi connectivity index (χ3v) is 8.02. The zero-order chi connectivity index (χ0) is 25.4. The third-order valence-electron chi connectivity index (χ3n) is 5.90.